The molecule has 1 aromatic rings. The number of pyridine rings is 1. The minimum Gasteiger partial charge on any atom is -0.394 e. The van der Waals surface area contributed by atoms with E-state index in [1.165, 1.54) is 24.2 Å². The molecule has 0 aliphatic carbocycles. The van der Waals surface area contributed by atoms with Crippen LogP contribution in [-0.4, -0.2) is 58.2 Å². The number of carbonyl (C=O) groups is 2. The fourth-order valence-electron chi connectivity index (χ4n) is 1.30. The van der Waals surface area contributed by atoms with Crippen LogP contribution in [0.5, 0.6) is 0 Å². The number of primary amides is 1. The highest BCUT2D eigenvalue weighted by molar-refractivity contribution is 5.97. The molecule has 0 aliphatic rings. The summed E-state index contributed by atoms with van der Waals surface area (Å²) in [5.41, 5.74) is 5.02. The minimum atomic E-state index is -1.02. The van der Waals surface area contributed by atoms with Gasteiger partial charge in [0.1, 0.15) is 5.69 Å². The predicted molar refractivity (Wildman–Crippen MR) is 61.6 cm³/mol. The van der Waals surface area contributed by atoms with Crippen molar-refractivity contribution in [3.05, 3.63) is 29.6 Å². The SMILES string of the molecule is CN(CC(O)CO)C(=O)c1[c]c(C(N)=O)ncc1. The molecule has 18 heavy (non-hydrogen) atoms. The molecule has 0 saturated carbocycles. The average molecular weight is 252 g/mol. The molecule has 1 rings (SSSR count). The van der Waals surface area contributed by atoms with E-state index in [0.29, 0.717) is 0 Å². The second kappa shape index (κ2) is 6.08. The summed E-state index contributed by atoms with van der Waals surface area (Å²) in [7, 11) is 1.46. The molecule has 0 aliphatic heterocycles. The normalized spacial score (nSPS) is 11.9. The third kappa shape index (κ3) is 3.51. The van der Waals surface area contributed by atoms with Crippen molar-refractivity contribution in [1.82, 2.24) is 9.88 Å². The molecule has 0 aromatic carbocycles. The van der Waals surface area contributed by atoms with Crippen molar-refractivity contribution >= 4 is 11.8 Å². The van der Waals surface area contributed by atoms with Gasteiger partial charge < -0.3 is 20.8 Å². The number of nitrogens with zero attached hydrogens (tertiary/aromatic N) is 2. The zero-order chi connectivity index (χ0) is 13.7. The third-order valence-corrected chi connectivity index (χ3v) is 2.20. The average Bonchev–Trinajstić information content (AvgIpc) is 2.37. The Bertz CT molecular complexity index is 450. The number of nitrogens with two attached hydrogens (primary N) is 1. The molecular weight excluding hydrogens is 238 g/mol. The Labute approximate surface area is 104 Å². The highest BCUT2D eigenvalue weighted by Crippen LogP contribution is 2.04. The molecule has 0 fully saturated rings. The molecule has 0 saturated heterocycles. The first-order valence-electron chi connectivity index (χ1n) is 5.18. The molecule has 2 amide bonds. The van der Waals surface area contributed by atoms with Gasteiger partial charge in [-0.05, 0) is 6.07 Å². The van der Waals surface area contributed by atoms with E-state index in [2.05, 4.69) is 11.1 Å². The number of aliphatic hydroxyl groups excluding tert-OH is 2. The Kier molecular flexibility index (Phi) is 4.75. The van der Waals surface area contributed by atoms with Gasteiger partial charge in [-0.15, -0.1) is 0 Å². The lowest BCUT2D eigenvalue weighted by molar-refractivity contribution is 0.0520. The number of likely N-dealkylation sites (N-methyl/N-ethyl adjacent to an activating group) is 1. The number of hydrogen-bond acceptors (Lipinski definition) is 5. The minimum absolute atomic E-state index is 0.0304. The number of amides is 2. The second-order valence-electron chi connectivity index (χ2n) is 3.72. The fraction of sp³-hybridized carbons (Fsp3) is 0.364. The van der Waals surface area contributed by atoms with Crippen molar-refractivity contribution < 1.29 is 19.8 Å². The predicted octanol–water partition coefficient (Wildman–Crippen LogP) is -1.59. The molecule has 1 atom stereocenters. The quantitative estimate of drug-likeness (QED) is 0.584. The van der Waals surface area contributed by atoms with Crippen molar-refractivity contribution in [3.63, 3.8) is 0 Å². The van der Waals surface area contributed by atoms with Crippen molar-refractivity contribution in [2.45, 2.75) is 6.10 Å². The van der Waals surface area contributed by atoms with Gasteiger partial charge in [0.2, 0.25) is 0 Å². The van der Waals surface area contributed by atoms with Crippen LogP contribution < -0.4 is 5.73 Å². The summed E-state index contributed by atoms with van der Waals surface area (Å²) in [6.45, 7) is -0.471. The zero-order valence-corrected chi connectivity index (χ0v) is 9.83. The number of carbonyl (C=O) groups excluding carboxylic acids is 2. The van der Waals surface area contributed by atoms with Gasteiger partial charge in [0.05, 0.1) is 18.3 Å². The lowest BCUT2D eigenvalue weighted by Gasteiger charge is -2.19. The van der Waals surface area contributed by atoms with Crippen LogP contribution in [0.1, 0.15) is 20.8 Å². The lowest BCUT2D eigenvalue weighted by atomic mass is 10.2. The van der Waals surface area contributed by atoms with Gasteiger partial charge in [0, 0.05) is 25.9 Å². The monoisotopic (exact) mass is 252 g/mol. The van der Waals surface area contributed by atoms with Crippen molar-refractivity contribution in [2.75, 3.05) is 20.2 Å². The Balaban J connectivity index is 2.83. The van der Waals surface area contributed by atoms with Gasteiger partial charge in [0.15, 0.2) is 0 Å². The Morgan fingerprint density at radius 1 is 1.61 bits per heavy atom. The summed E-state index contributed by atoms with van der Waals surface area (Å²) < 4.78 is 0. The fourth-order valence-corrected chi connectivity index (χ4v) is 1.30. The van der Waals surface area contributed by atoms with Gasteiger partial charge in [-0.25, -0.2) is 0 Å². The number of aliphatic hydroxyl groups is 2. The van der Waals surface area contributed by atoms with Crippen molar-refractivity contribution in [1.29, 1.82) is 0 Å². The van der Waals surface area contributed by atoms with E-state index < -0.39 is 24.5 Å². The van der Waals surface area contributed by atoms with E-state index in [-0.39, 0.29) is 17.8 Å². The van der Waals surface area contributed by atoms with Crippen molar-refractivity contribution in [2.24, 2.45) is 5.73 Å². The van der Waals surface area contributed by atoms with E-state index in [9.17, 15) is 14.7 Å². The Hall–Kier alpha value is -1.99. The smallest absolute Gasteiger partial charge is 0.267 e. The summed E-state index contributed by atoms with van der Waals surface area (Å²) in [6, 6.07) is 3.88. The number of aromatic nitrogens is 1. The van der Waals surface area contributed by atoms with E-state index in [1.807, 2.05) is 0 Å². The first-order valence-corrected chi connectivity index (χ1v) is 5.18. The molecular formula is C11H14N3O4. The van der Waals surface area contributed by atoms with Gasteiger partial charge in [-0.3, -0.25) is 14.6 Å². The maximum Gasteiger partial charge on any atom is 0.267 e. The summed E-state index contributed by atoms with van der Waals surface area (Å²) in [5.74, 6) is -1.23. The molecule has 0 spiro atoms. The standard InChI is InChI=1S/C11H14N3O4/c1-14(5-8(16)6-15)11(18)7-2-3-13-9(4-7)10(12)17/h2-3,8,15-16H,5-6H2,1H3,(H2,12,17). The van der Waals surface area contributed by atoms with Gasteiger partial charge in [-0.1, -0.05) is 0 Å². The van der Waals surface area contributed by atoms with Crippen LogP contribution in [-0.2, 0) is 0 Å². The Morgan fingerprint density at radius 2 is 2.28 bits per heavy atom. The van der Waals surface area contributed by atoms with Crippen LogP contribution in [0.25, 0.3) is 0 Å². The first kappa shape index (κ1) is 14.1. The summed E-state index contributed by atoms with van der Waals surface area (Å²) in [5, 5.41) is 17.9. The van der Waals surface area contributed by atoms with E-state index in [0.717, 1.165) is 0 Å². The van der Waals surface area contributed by atoms with Crippen LogP contribution in [0.15, 0.2) is 12.3 Å². The van der Waals surface area contributed by atoms with E-state index in [1.54, 1.807) is 0 Å². The highest BCUT2D eigenvalue weighted by atomic mass is 16.3. The molecule has 1 radical (unpaired) electrons. The maximum atomic E-state index is 11.9. The number of hydrogen-bond donors (Lipinski definition) is 3. The molecule has 7 heteroatoms. The Morgan fingerprint density at radius 3 is 2.83 bits per heavy atom. The van der Waals surface area contributed by atoms with Gasteiger partial charge in [-0.2, -0.15) is 0 Å². The van der Waals surface area contributed by atoms with E-state index >= 15 is 0 Å². The zero-order valence-electron chi connectivity index (χ0n) is 9.83. The summed E-state index contributed by atoms with van der Waals surface area (Å²) in [4.78, 5) is 27.7. The summed E-state index contributed by atoms with van der Waals surface area (Å²) >= 11 is 0. The third-order valence-electron chi connectivity index (χ3n) is 2.20. The molecule has 1 heterocycles. The molecule has 97 valence electrons. The highest BCUT2D eigenvalue weighted by Gasteiger charge is 2.16. The molecule has 1 aromatic heterocycles. The second-order valence-corrected chi connectivity index (χ2v) is 3.72. The van der Waals surface area contributed by atoms with Crippen molar-refractivity contribution in [3.8, 4) is 0 Å². The van der Waals surface area contributed by atoms with Gasteiger partial charge in [0.25, 0.3) is 11.8 Å². The largest absolute Gasteiger partial charge is 0.394 e. The maximum absolute atomic E-state index is 11.9. The first-order chi connectivity index (χ1) is 8.45. The van der Waals surface area contributed by atoms with E-state index in [4.69, 9.17) is 10.8 Å². The van der Waals surface area contributed by atoms with Crippen LogP contribution in [0.3, 0.4) is 0 Å². The van der Waals surface area contributed by atoms with Gasteiger partial charge >= 0.3 is 0 Å². The van der Waals surface area contributed by atoms with Crippen LogP contribution in [0.4, 0.5) is 0 Å². The molecule has 1 unspecified atom stereocenters. The molecule has 7 nitrogen and oxygen atoms in total. The topological polar surface area (TPSA) is 117 Å². The van der Waals surface area contributed by atoms with Crippen LogP contribution >= 0.6 is 0 Å². The molecule has 0 bridgehead atoms. The number of rotatable bonds is 5. The van der Waals surface area contributed by atoms with Crippen LogP contribution in [0, 0.1) is 6.07 Å². The summed E-state index contributed by atoms with van der Waals surface area (Å²) in [6.07, 6.45) is 0.261. The lowest BCUT2D eigenvalue weighted by Crippen LogP contribution is -2.36. The molecule has 4 N–H and O–H groups in total. The van der Waals surface area contributed by atoms with Crippen LogP contribution in [0.2, 0.25) is 0 Å².